The summed E-state index contributed by atoms with van der Waals surface area (Å²) in [6.45, 7) is 0. The zero-order valence-electron chi connectivity index (χ0n) is 27.2. The van der Waals surface area contributed by atoms with Crippen molar-refractivity contribution < 1.29 is 4.42 Å². The highest BCUT2D eigenvalue weighted by Crippen LogP contribution is 2.41. The molecule has 50 heavy (non-hydrogen) atoms. The highest BCUT2D eigenvalue weighted by molar-refractivity contribution is 6.16. The van der Waals surface area contributed by atoms with Crippen LogP contribution in [0.1, 0.15) is 17.9 Å². The normalized spacial score (nSPS) is 14.4. The lowest BCUT2D eigenvalue weighted by atomic mass is 9.91. The quantitative estimate of drug-likeness (QED) is 0.188. The minimum atomic E-state index is 0.353. The average Bonchev–Trinajstić information content (AvgIpc) is 3.75. The molecule has 0 saturated heterocycles. The summed E-state index contributed by atoms with van der Waals surface area (Å²) in [4.78, 5) is 10.6. The molecule has 1 aliphatic carbocycles. The predicted molar refractivity (Wildman–Crippen MR) is 206 cm³/mol. The SMILES string of the molecule is C1=CCC(c2cccc(-c3cc(-c4ccccc4)nc(-c4cccc5c4c4ccccc4n5-c4cccc5c4oc4ccccc45)n3)c2)C=C1. The van der Waals surface area contributed by atoms with Gasteiger partial charge in [-0.05, 0) is 48.4 Å². The molecule has 0 saturated carbocycles. The van der Waals surface area contributed by atoms with E-state index < -0.39 is 0 Å². The maximum absolute atomic E-state index is 6.55. The van der Waals surface area contributed by atoms with Crippen LogP contribution in [-0.2, 0) is 0 Å². The van der Waals surface area contributed by atoms with Crippen LogP contribution >= 0.6 is 0 Å². The Kier molecular flexibility index (Phi) is 6.59. The molecule has 0 radical (unpaired) electrons. The van der Waals surface area contributed by atoms with Gasteiger partial charge in [0.15, 0.2) is 11.4 Å². The van der Waals surface area contributed by atoms with Gasteiger partial charge in [0, 0.05) is 44.2 Å². The lowest BCUT2D eigenvalue weighted by molar-refractivity contribution is 0.666. The summed E-state index contributed by atoms with van der Waals surface area (Å²) in [5, 5.41) is 4.47. The van der Waals surface area contributed by atoms with Crippen LogP contribution in [0.4, 0.5) is 0 Å². The van der Waals surface area contributed by atoms with Crippen molar-refractivity contribution in [3.05, 3.63) is 175 Å². The Bertz CT molecular complexity index is 2800. The first-order chi connectivity index (χ1) is 24.8. The maximum atomic E-state index is 6.55. The van der Waals surface area contributed by atoms with Crippen molar-refractivity contribution in [1.82, 2.24) is 14.5 Å². The van der Waals surface area contributed by atoms with E-state index in [0.29, 0.717) is 11.7 Å². The first kappa shape index (κ1) is 28.5. The molecule has 6 aromatic carbocycles. The summed E-state index contributed by atoms with van der Waals surface area (Å²) in [5.74, 6) is 1.05. The molecule has 4 nitrogen and oxygen atoms in total. The lowest BCUT2D eigenvalue weighted by Gasteiger charge is -2.15. The first-order valence-corrected chi connectivity index (χ1v) is 17.1. The smallest absolute Gasteiger partial charge is 0.161 e. The fourth-order valence-electron chi connectivity index (χ4n) is 7.60. The molecule has 0 fully saturated rings. The van der Waals surface area contributed by atoms with E-state index in [1.165, 1.54) is 5.56 Å². The first-order valence-electron chi connectivity index (χ1n) is 17.1. The number of hydrogen-bond acceptors (Lipinski definition) is 3. The minimum Gasteiger partial charge on any atom is -0.454 e. The summed E-state index contributed by atoms with van der Waals surface area (Å²) >= 11 is 0. The zero-order chi connectivity index (χ0) is 33.0. The Morgan fingerprint density at radius 2 is 1.30 bits per heavy atom. The summed E-state index contributed by atoms with van der Waals surface area (Å²) in [6, 6.07) is 51.1. The van der Waals surface area contributed by atoms with Gasteiger partial charge < -0.3 is 8.98 Å². The monoisotopic (exact) mass is 641 g/mol. The van der Waals surface area contributed by atoms with Crippen molar-refractivity contribution in [2.24, 2.45) is 0 Å². The predicted octanol–water partition coefficient (Wildman–Crippen LogP) is 12.1. The molecule has 1 aliphatic rings. The van der Waals surface area contributed by atoms with E-state index in [0.717, 1.165) is 83.9 Å². The summed E-state index contributed by atoms with van der Waals surface area (Å²) < 4.78 is 8.88. The number of aromatic nitrogens is 3. The molecule has 9 aromatic rings. The number of furan rings is 1. The summed E-state index contributed by atoms with van der Waals surface area (Å²) in [6.07, 6.45) is 9.78. The minimum absolute atomic E-state index is 0.353. The number of fused-ring (bicyclic) bond motifs is 6. The second-order valence-corrected chi connectivity index (χ2v) is 12.9. The molecule has 10 rings (SSSR count). The second-order valence-electron chi connectivity index (χ2n) is 12.9. The molecule has 236 valence electrons. The molecule has 1 unspecified atom stereocenters. The number of nitrogens with zero attached hydrogens (tertiary/aromatic N) is 3. The fourth-order valence-corrected chi connectivity index (χ4v) is 7.60. The van der Waals surface area contributed by atoms with E-state index in [1.807, 2.05) is 18.2 Å². The van der Waals surface area contributed by atoms with Gasteiger partial charge in [0.1, 0.15) is 5.58 Å². The molecule has 0 aliphatic heterocycles. The molecule has 0 N–H and O–H groups in total. The second kappa shape index (κ2) is 11.6. The van der Waals surface area contributed by atoms with Crippen molar-refractivity contribution >= 4 is 43.7 Å². The van der Waals surface area contributed by atoms with Crippen LogP contribution in [-0.4, -0.2) is 14.5 Å². The Labute approximate surface area is 289 Å². The van der Waals surface area contributed by atoms with Gasteiger partial charge >= 0.3 is 0 Å². The Morgan fingerprint density at radius 1 is 0.580 bits per heavy atom. The Hall–Kier alpha value is -6.52. The average molecular weight is 642 g/mol. The van der Waals surface area contributed by atoms with E-state index in [4.69, 9.17) is 14.4 Å². The third kappa shape index (κ3) is 4.61. The van der Waals surface area contributed by atoms with E-state index in [9.17, 15) is 0 Å². The van der Waals surface area contributed by atoms with Gasteiger partial charge in [-0.15, -0.1) is 0 Å². The number of rotatable bonds is 5. The van der Waals surface area contributed by atoms with Crippen LogP contribution in [0, 0.1) is 0 Å². The van der Waals surface area contributed by atoms with E-state index >= 15 is 0 Å². The molecule has 0 bridgehead atoms. The molecule has 0 spiro atoms. The van der Waals surface area contributed by atoms with Crippen LogP contribution in [0.3, 0.4) is 0 Å². The number of para-hydroxylation sites is 3. The van der Waals surface area contributed by atoms with Crippen molar-refractivity contribution in [1.29, 1.82) is 0 Å². The highest BCUT2D eigenvalue weighted by atomic mass is 16.3. The zero-order valence-corrected chi connectivity index (χ0v) is 27.2. The third-order valence-electron chi connectivity index (χ3n) is 9.95. The Morgan fingerprint density at radius 3 is 2.18 bits per heavy atom. The molecule has 3 aromatic heterocycles. The fraction of sp³-hybridized carbons (Fsp3) is 0.0435. The Balaban J connectivity index is 1.22. The van der Waals surface area contributed by atoms with Crippen LogP contribution < -0.4 is 0 Å². The molecule has 4 heteroatoms. The molecular formula is C46H31N3O. The third-order valence-corrected chi connectivity index (χ3v) is 9.95. The number of hydrogen-bond donors (Lipinski definition) is 0. The van der Waals surface area contributed by atoms with E-state index in [1.54, 1.807) is 0 Å². The largest absolute Gasteiger partial charge is 0.454 e. The van der Waals surface area contributed by atoms with Crippen molar-refractivity contribution in [2.45, 2.75) is 12.3 Å². The number of benzene rings is 6. The van der Waals surface area contributed by atoms with Crippen molar-refractivity contribution in [3.8, 4) is 39.6 Å². The van der Waals surface area contributed by atoms with Gasteiger partial charge in [0.2, 0.25) is 0 Å². The molecule has 1 atom stereocenters. The molecular weight excluding hydrogens is 611 g/mol. The molecule has 0 amide bonds. The van der Waals surface area contributed by atoms with Gasteiger partial charge in [-0.1, -0.05) is 133 Å². The van der Waals surface area contributed by atoms with Gasteiger partial charge in [-0.2, -0.15) is 0 Å². The lowest BCUT2D eigenvalue weighted by Crippen LogP contribution is -1.99. The van der Waals surface area contributed by atoms with Crippen LogP contribution in [0.2, 0.25) is 0 Å². The van der Waals surface area contributed by atoms with Crippen LogP contribution in [0.5, 0.6) is 0 Å². The van der Waals surface area contributed by atoms with Gasteiger partial charge in [-0.3, -0.25) is 0 Å². The van der Waals surface area contributed by atoms with Gasteiger partial charge in [-0.25, -0.2) is 9.97 Å². The molecule has 3 heterocycles. The summed E-state index contributed by atoms with van der Waals surface area (Å²) in [7, 11) is 0. The van der Waals surface area contributed by atoms with Crippen molar-refractivity contribution in [3.63, 3.8) is 0 Å². The van der Waals surface area contributed by atoms with Gasteiger partial charge in [0.05, 0.1) is 28.1 Å². The van der Waals surface area contributed by atoms with Gasteiger partial charge in [0.25, 0.3) is 0 Å². The van der Waals surface area contributed by atoms with E-state index in [-0.39, 0.29) is 0 Å². The standard InChI is InChI=1S/C46H31N3O/c1-3-14-30(15-4-1)32-18-11-19-33(28-32)39-29-38(31-16-5-2-6-17-31)47-46(48-39)37-23-13-25-41-44(37)36-21-7-9-24-40(36)49(41)42-26-12-22-35-34-20-8-10-27-43(34)50-45(35)42/h1-14,16-30H,15H2. The number of allylic oxidation sites excluding steroid dienone is 4. The highest BCUT2D eigenvalue weighted by Gasteiger charge is 2.21. The summed E-state index contributed by atoms with van der Waals surface area (Å²) in [5.41, 5.74) is 11.1. The van der Waals surface area contributed by atoms with Crippen LogP contribution in [0.15, 0.2) is 174 Å². The maximum Gasteiger partial charge on any atom is 0.161 e. The topological polar surface area (TPSA) is 43.9 Å². The van der Waals surface area contributed by atoms with Crippen molar-refractivity contribution in [2.75, 3.05) is 0 Å². The van der Waals surface area contributed by atoms with Crippen LogP contribution in [0.25, 0.3) is 83.3 Å². The van der Waals surface area contributed by atoms with E-state index in [2.05, 4.69) is 156 Å².